The molecule has 0 saturated carbocycles. The molecular formula is C75H128O6. The van der Waals surface area contributed by atoms with Crippen LogP contribution in [-0.4, -0.2) is 37.2 Å². The molecule has 0 aliphatic heterocycles. The molecule has 0 aliphatic carbocycles. The number of carbonyl (C=O) groups excluding carboxylic acids is 3. The molecule has 0 saturated heterocycles. The van der Waals surface area contributed by atoms with E-state index >= 15 is 0 Å². The fraction of sp³-hybridized carbons (Fsp3) is 0.720. The second-order valence-corrected chi connectivity index (χ2v) is 22.7. The van der Waals surface area contributed by atoms with Gasteiger partial charge in [0.1, 0.15) is 13.2 Å². The Balaban J connectivity index is 4.40. The van der Waals surface area contributed by atoms with E-state index in [1.165, 1.54) is 167 Å². The Bertz CT molecular complexity index is 1620. The highest BCUT2D eigenvalue weighted by Gasteiger charge is 2.19. The van der Waals surface area contributed by atoms with Gasteiger partial charge in [-0.3, -0.25) is 14.4 Å². The molecule has 0 aliphatic rings. The third-order valence-electron chi connectivity index (χ3n) is 14.7. The van der Waals surface area contributed by atoms with Crippen LogP contribution in [0.25, 0.3) is 0 Å². The fourth-order valence-corrected chi connectivity index (χ4v) is 9.59. The molecular weight excluding hydrogens is 997 g/mol. The maximum atomic E-state index is 12.9. The van der Waals surface area contributed by atoms with Gasteiger partial charge in [-0.1, -0.05) is 291 Å². The molecule has 0 aromatic carbocycles. The van der Waals surface area contributed by atoms with Crippen LogP contribution in [0.15, 0.2) is 109 Å². The van der Waals surface area contributed by atoms with Crippen molar-refractivity contribution in [2.75, 3.05) is 13.2 Å². The van der Waals surface area contributed by atoms with Gasteiger partial charge >= 0.3 is 17.9 Å². The van der Waals surface area contributed by atoms with Crippen LogP contribution in [0.5, 0.6) is 0 Å². The normalized spacial score (nSPS) is 12.8. The van der Waals surface area contributed by atoms with Crippen molar-refractivity contribution in [1.29, 1.82) is 0 Å². The summed E-state index contributed by atoms with van der Waals surface area (Å²) in [6, 6.07) is 0. The minimum absolute atomic E-state index is 0.0913. The van der Waals surface area contributed by atoms with Gasteiger partial charge in [-0.2, -0.15) is 0 Å². The molecule has 0 aromatic heterocycles. The van der Waals surface area contributed by atoms with Crippen molar-refractivity contribution in [3.8, 4) is 0 Å². The monoisotopic (exact) mass is 1120 g/mol. The van der Waals surface area contributed by atoms with E-state index in [2.05, 4.69) is 130 Å². The lowest BCUT2D eigenvalue weighted by molar-refractivity contribution is -0.167. The highest BCUT2D eigenvalue weighted by Crippen LogP contribution is 2.16. The van der Waals surface area contributed by atoms with Gasteiger partial charge in [0.15, 0.2) is 6.10 Å². The molecule has 0 amide bonds. The quantitative estimate of drug-likeness (QED) is 0.0261. The lowest BCUT2D eigenvalue weighted by Crippen LogP contribution is -2.30. The van der Waals surface area contributed by atoms with Crippen molar-refractivity contribution in [2.45, 2.75) is 335 Å². The second kappa shape index (κ2) is 68.6. The smallest absolute Gasteiger partial charge is 0.306 e. The summed E-state index contributed by atoms with van der Waals surface area (Å²) in [7, 11) is 0. The van der Waals surface area contributed by atoms with Gasteiger partial charge in [0.05, 0.1) is 0 Å². The van der Waals surface area contributed by atoms with Gasteiger partial charge in [0, 0.05) is 19.3 Å². The number of esters is 3. The summed E-state index contributed by atoms with van der Waals surface area (Å²) in [4.78, 5) is 38.4. The second-order valence-electron chi connectivity index (χ2n) is 22.7. The highest BCUT2D eigenvalue weighted by molar-refractivity contribution is 5.71. The zero-order chi connectivity index (χ0) is 58.5. The van der Waals surface area contributed by atoms with Crippen molar-refractivity contribution in [2.24, 2.45) is 0 Å². The molecule has 0 fully saturated rings. The van der Waals surface area contributed by atoms with Gasteiger partial charge in [-0.15, -0.1) is 0 Å². The van der Waals surface area contributed by atoms with E-state index in [-0.39, 0.29) is 31.1 Å². The molecule has 0 N–H and O–H groups in total. The van der Waals surface area contributed by atoms with Crippen LogP contribution >= 0.6 is 0 Å². The first-order valence-corrected chi connectivity index (χ1v) is 34.4. The molecule has 6 heteroatoms. The third-order valence-corrected chi connectivity index (χ3v) is 14.7. The van der Waals surface area contributed by atoms with Crippen LogP contribution in [0, 0.1) is 0 Å². The Morgan fingerprint density at radius 2 is 0.481 bits per heavy atom. The fourth-order valence-electron chi connectivity index (χ4n) is 9.59. The van der Waals surface area contributed by atoms with E-state index in [0.29, 0.717) is 19.3 Å². The zero-order valence-corrected chi connectivity index (χ0v) is 53.3. The first-order valence-electron chi connectivity index (χ1n) is 34.4. The van der Waals surface area contributed by atoms with Gasteiger partial charge < -0.3 is 14.2 Å². The van der Waals surface area contributed by atoms with Gasteiger partial charge in [-0.05, 0) is 128 Å². The summed E-state index contributed by atoms with van der Waals surface area (Å²) >= 11 is 0. The van der Waals surface area contributed by atoms with E-state index in [9.17, 15) is 14.4 Å². The number of allylic oxidation sites excluding steroid dienone is 18. The Kier molecular flexibility index (Phi) is 65.2. The number of unbranched alkanes of at least 4 members (excludes halogenated alkanes) is 33. The summed E-state index contributed by atoms with van der Waals surface area (Å²) in [5.74, 6) is -0.915. The van der Waals surface area contributed by atoms with Crippen LogP contribution in [0.1, 0.15) is 329 Å². The maximum Gasteiger partial charge on any atom is 0.306 e. The van der Waals surface area contributed by atoms with E-state index in [1.54, 1.807) is 0 Å². The average molecular weight is 1130 g/mol. The average Bonchev–Trinajstić information content (AvgIpc) is 3.47. The predicted octanol–water partition coefficient (Wildman–Crippen LogP) is 23.8. The Morgan fingerprint density at radius 1 is 0.259 bits per heavy atom. The van der Waals surface area contributed by atoms with Crippen molar-refractivity contribution in [3.05, 3.63) is 109 Å². The van der Waals surface area contributed by atoms with E-state index in [0.717, 1.165) is 122 Å². The van der Waals surface area contributed by atoms with Crippen LogP contribution in [-0.2, 0) is 28.6 Å². The summed E-state index contributed by atoms with van der Waals surface area (Å²) in [5.41, 5.74) is 0. The Hall–Kier alpha value is -3.93. The van der Waals surface area contributed by atoms with Crippen molar-refractivity contribution < 1.29 is 28.6 Å². The molecule has 0 heterocycles. The number of hydrogen-bond donors (Lipinski definition) is 0. The molecule has 1 atom stereocenters. The number of ether oxygens (including phenoxy) is 3. The third kappa shape index (κ3) is 66.8. The van der Waals surface area contributed by atoms with Crippen molar-refractivity contribution in [3.63, 3.8) is 0 Å². The minimum atomic E-state index is -0.799. The number of carbonyl (C=O) groups is 3. The van der Waals surface area contributed by atoms with Crippen LogP contribution < -0.4 is 0 Å². The van der Waals surface area contributed by atoms with E-state index < -0.39 is 6.10 Å². The Morgan fingerprint density at radius 3 is 0.765 bits per heavy atom. The molecule has 1 unspecified atom stereocenters. The van der Waals surface area contributed by atoms with Crippen LogP contribution in [0.4, 0.5) is 0 Å². The number of hydrogen-bond acceptors (Lipinski definition) is 6. The first kappa shape index (κ1) is 77.1. The predicted molar refractivity (Wildman–Crippen MR) is 353 cm³/mol. The van der Waals surface area contributed by atoms with Gasteiger partial charge in [-0.25, -0.2) is 0 Å². The molecule has 81 heavy (non-hydrogen) atoms. The van der Waals surface area contributed by atoms with Crippen molar-refractivity contribution in [1.82, 2.24) is 0 Å². The maximum absolute atomic E-state index is 12.9. The molecule has 464 valence electrons. The summed E-state index contributed by atoms with van der Waals surface area (Å²) in [6.45, 7) is 6.51. The molecule has 0 bridgehead atoms. The minimum Gasteiger partial charge on any atom is -0.462 e. The van der Waals surface area contributed by atoms with Crippen molar-refractivity contribution >= 4 is 17.9 Å². The summed E-state index contributed by atoms with van der Waals surface area (Å²) < 4.78 is 16.9. The number of rotatable bonds is 62. The van der Waals surface area contributed by atoms with Gasteiger partial charge in [0.25, 0.3) is 0 Å². The van der Waals surface area contributed by atoms with E-state index in [1.807, 2.05) is 0 Å². The zero-order valence-electron chi connectivity index (χ0n) is 53.3. The van der Waals surface area contributed by atoms with Crippen LogP contribution in [0.3, 0.4) is 0 Å². The standard InChI is InChI=1S/C75H128O6/c1-4-7-10-13-16-19-22-25-28-30-32-34-36-37-39-40-42-44-47-50-53-56-59-62-65-68-74(77)80-71-72(70-79-73(76)67-64-61-58-55-52-49-46-27-24-21-18-15-12-9-6-3)81-75(78)69-66-63-60-57-54-51-48-45-43-41-38-35-33-31-29-26-23-20-17-14-11-8-5-2/h8,11,17,20,22,25-27,29-30,32-33,35,41,43,46,48,51,72H,4-7,9-10,12-16,18-19,21,23-24,28,31,34,36-40,42,44-45,47,49-50,52-71H2,1-3H3/b11-8-,20-17-,25-22-,29-26-,32-30-,35-33-,43-41-,46-27-,51-48-. The molecule has 0 aromatic rings. The SMILES string of the molecule is CC/C=C\C/C=C\C/C=C\C/C=C\C/C=C\C/C=C\CCCCCCC(=O)OC(COC(=O)CCCCCCC/C=C\CCCCCCCC)COC(=O)CCCCCCCCCCCCCCC/C=C\C/C=C\CCCCCCC. The van der Waals surface area contributed by atoms with Gasteiger partial charge in [0.2, 0.25) is 0 Å². The lowest BCUT2D eigenvalue weighted by Gasteiger charge is -2.18. The Labute approximate surface area is 501 Å². The first-order chi connectivity index (χ1) is 40.0. The summed E-state index contributed by atoms with van der Waals surface area (Å²) in [6.07, 6.45) is 93.9. The summed E-state index contributed by atoms with van der Waals surface area (Å²) in [5, 5.41) is 0. The topological polar surface area (TPSA) is 78.9 Å². The largest absolute Gasteiger partial charge is 0.462 e. The molecule has 6 nitrogen and oxygen atoms in total. The molecule has 0 spiro atoms. The highest BCUT2D eigenvalue weighted by atomic mass is 16.6. The molecule has 0 radical (unpaired) electrons. The molecule has 0 rings (SSSR count). The van der Waals surface area contributed by atoms with Crippen LogP contribution in [0.2, 0.25) is 0 Å². The lowest BCUT2D eigenvalue weighted by atomic mass is 10.0. The van der Waals surface area contributed by atoms with E-state index in [4.69, 9.17) is 14.2 Å².